The SMILES string of the molecule is C[C@@H]1CO[C@@]2(N=C(N)[C@@]3(C#N)C4(CCCCCCC4)[C@@]23C#N)O1. The molecule has 0 radical (unpaired) electrons. The molecule has 6 heteroatoms. The van der Waals surface area contributed by atoms with Crippen LogP contribution in [0.15, 0.2) is 4.99 Å². The largest absolute Gasteiger partial charge is 0.386 e. The van der Waals surface area contributed by atoms with Crippen molar-refractivity contribution in [3.8, 4) is 12.1 Å². The van der Waals surface area contributed by atoms with E-state index in [0.29, 0.717) is 6.61 Å². The Labute approximate surface area is 136 Å². The number of nitrogens with two attached hydrogens (primary N) is 1. The highest BCUT2D eigenvalue weighted by atomic mass is 16.8. The van der Waals surface area contributed by atoms with Crippen molar-refractivity contribution in [2.75, 3.05) is 6.61 Å². The van der Waals surface area contributed by atoms with Crippen LogP contribution in [0.5, 0.6) is 0 Å². The summed E-state index contributed by atoms with van der Waals surface area (Å²) in [5.74, 6) is -1.16. The van der Waals surface area contributed by atoms with Crippen molar-refractivity contribution in [3.05, 3.63) is 0 Å². The van der Waals surface area contributed by atoms with Gasteiger partial charge in [0, 0.05) is 5.41 Å². The third-order valence-corrected chi connectivity index (χ3v) is 6.48. The van der Waals surface area contributed by atoms with E-state index < -0.39 is 22.2 Å². The molecule has 1 saturated heterocycles. The number of hydrogen-bond acceptors (Lipinski definition) is 6. The third-order valence-electron chi connectivity index (χ3n) is 6.48. The Kier molecular flexibility index (Phi) is 2.90. The Morgan fingerprint density at radius 2 is 1.78 bits per heavy atom. The fraction of sp³-hybridized carbons (Fsp3) is 0.824. The highest BCUT2D eigenvalue weighted by molar-refractivity contribution is 6.00. The topological polar surface area (TPSA) is 104 Å². The average Bonchev–Trinajstić information content (AvgIpc) is 2.69. The van der Waals surface area contributed by atoms with E-state index in [9.17, 15) is 10.5 Å². The van der Waals surface area contributed by atoms with Crippen molar-refractivity contribution < 1.29 is 9.47 Å². The van der Waals surface area contributed by atoms with Gasteiger partial charge >= 0.3 is 0 Å². The van der Waals surface area contributed by atoms with Crippen molar-refractivity contribution >= 4 is 5.84 Å². The molecule has 4 atom stereocenters. The molecule has 4 rings (SSSR count). The van der Waals surface area contributed by atoms with Crippen LogP contribution in [-0.4, -0.2) is 24.5 Å². The van der Waals surface area contributed by atoms with Crippen LogP contribution in [0.4, 0.5) is 0 Å². The predicted molar refractivity (Wildman–Crippen MR) is 81.7 cm³/mol. The van der Waals surface area contributed by atoms with Gasteiger partial charge in [-0.2, -0.15) is 10.5 Å². The number of nitrogens with zero attached hydrogens (tertiary/aromatic N) is 3. The second-order valence-corrected chi connectivity index (χ2v) is 7.39. The minimum absolute atomic E-state index is 0.155. The van der Waals surface area contributed by atoms with Crippen LogP contribution >= 0.6 is 0 Å². The van der Waals surface area contributed by atoms with E-state index >= 15 is 0 Å². The molecule has 2 aliphatic carbocycles. The lowest BCUT2D eigenvalue weighted by molar-refractivity contribution is -0.201. The molecule has 23 heavy (non-hydrogen) atoms. The van der Waals surface area contributed by atoms with Crippen LogP contribution in [0.3, 0.4) is 0 Å². The summed E-state index contributed by atoms with van der Waals surface area (Å²) in [5, 5.41) is 20.2. The maximum absolute atomic E-state index is 10.2. The van der Waals surface area contributed by atoms with Crippen LogP contribution in [0.25, 0.3) is 0 Å². The van der Waals surface area contributed by atoms with Gasteiger partial charge in [0.15, 0.2) is 5.41 Å². The molecule has 2 spiro atoms. The second kappa shape index (κ2) is 4.47. The Morgan fingerprint density at radius 1 is 1.13 bits per heavy atom. The summed E-state index contributed by atoms with van der Waals surface area (Å²) < 4.78 is 11.9. The van der Waals surface area contributed by atoms with Crippen LogP contribution in [0, 0.1) is 38.9 Å². The molecule has 0 aromatic heterocycles. The normalized spacial score (nSPS) is 47.3. The van der Waals surface area contributed by atoms with Crippen LogP contribution in [0.2, 0.25) is 0 Å². The number of ether oxygens (including phenoxy) is 2. The van der Waals surface area contributed by atoms with Crippen molar-refractivity contribution in [3.63, 3.8) is 0 Å². The Hall–Kier alpha value is -1.63. The standard InChI is InChI=1S/C17H22N4O2/c1-12-9-22-17(23-12)16(11-19)14(7-5-3-2-4-6-8-14)15(16,10-18)13(20)21-17/h12H,2-9H2,1H3,(H2,20,21)/t12-,15+,16-,17-/m1/s1. The first-order valence-electron chi connectivity index (χ1n) is 8.56. The smallest absolute Gasteiger partial charge is 0.293 e. The fourth-order valence-electron chi connectivity index (χ4n) is 5.59. The molecule has 6 nitrogen and oxygen atoms in total. The molecule has 122 valence electrons. The Balaban J connectivity index is 1.88. The average molecular weight is 314 g/mol. The molecule has 3 fully saturated rings. The summed E-state index contributed by atoms with van der Waals surface area (Å²) in [6, 6.07) is 4.82. The van der Waals surface area contributed by atoms with Crippen molar-refractivity contribution in [1.82, 2.24) is 0 Å². The highest BCUT2D eigenvalue weighted by Gasteiger charge is 3.00. The number of hydrogen-bond donors (Lipinski definition) is 1. The van der Waals surface area contributed by atoms with E-state index in [1.165, 1.54) is 6.42 Å². The summed E-state index contributed by atoms with van der Waals surface area (Å²) >= 11 is 0. The Bertz CT molecular complexity index is 654. The minimum atomic E-state index is -1.39. The molecular formula is C17H22N4O2. The van der Waals surface area contributed by atoms with Gasteiger partial charge in [-0.05, 0) is 19.8 Å². The lowest BCUT2D eigenvalue weighted by Gasteiger charge is -2.32. The van der Waals surface area contributed by atoms with Gasteiger partial charge in [-0.25, -0.2) is 4.99 Å². The second-order valence-electron chi connectivity index (χ2n) is 7.39. The van der Waals surface area contributed by atoms with Gasteiger partial charge in [0.2, 0.25) is 0 Å². The molecular weight excluding hydrogens is 292 g/mol. The van der Waals surface area contributed by atoms with Crippen LogP contribution in [0.1, 0.15) is 51.9 Å². The fourth-order valence-corrected chi connectivity index (χ4v) is 5.59. The van der Waals surface area contributed by atoms with Gasteiger partial charge in [0.05, 0.1) is 24.8 Å². The molecule has 0 bridgehead atoms. The van der Waals surface area contributed by atoms with E-state index in [0.717, 1.165) is 38.5 Å². The minimum Gasteiger partial charge on any atom is -0.386 e. The monoisotopic (exact) mass is 314 g/mol. The molecule has 2 aliphatic heterocycles. The summed E-state index contributed by atoms with van der Waals surface area (Å²) in [6.07, 6.45) is 6.96. The van der Waals surface area contributed by atoms with Gasteiger partial charge in [-0.1, -0.05) is 32.1 Å². The number of fused-ring (bicyclic) bond motifs is 4. The van der Waals surface area contributed by atoms with Gasteiger partial charge in [0.1, 0.15) is 11.3 Å². The molecule has 2 saturated carbocycles. The quantitative estimate of drug-likeness (QED) is 0.738. The number of nitriles is 2. The van der Waals surface area contributed by atoms with Gasteiger partial charge in [0.25, 0.3) is 5.91 Å². The number of aliphatic imine (C=N–C) groups is 1. The maximum atomic E-state index is 10.2. The lowest BCUT2D eigenvalue weighted by Crippen LogP contribution is -2.42. The van der Waals surface area contributed by atoms with E-state index in [2.05, 4.69) is 17.1 Å². The van der Waals surface area contributed by atoms with Crippen LogP contribution in [-0.2, 0) is 9.47 Å². The van der Waals surface area contributed by atoms with Crippen molar-refractivity contribution in [1.29, 1.82) is 10.5 Å². The summed E-state index contributed by atoms with van der Waals surface area (Å²) in [4.78, 5) is 4.40. The molecule has 2 heterocycles. The van der Waals surface area contributed by atoms with Crippen molar-refractivity contribution in [2.24, 2.45) is 27.0 Å². The summed E-state index contributed by atoms with van der Waals surface area (Å²) in [6.45, 7) is 2.27. The van der Waals surface area contributed by atoms with Gasteiger partial charge < -0.3 is 15.2 Å². The summed E-state index contributed by atoms with van der Waals surface area (Å²) in [5.41, 5.74) is 3.59. The highest BCUT2D eigenvalue weighted by Crippen LogP contribution is 2.88. The lowest BCUT2D eigenvalue weighted by atomic mass is 9.78. The zero-order valence-electron chi connectivity index (χ0n) is 13.5. The molecule has 0 aromatic rings. The maximum Gasteiger partial charge on any atom is 0.293 e. The predicted octanol–water partition coefficient (Wildman–Crippen LogP) is 2.21. The third kappa shape index (κ3) is 1.31. The van der Waals surface area contributed by atoms with Crippen LogP contribution < -0.4 is 5.73 Å². The van der Waals surface area contributed by atoms with E-state index in [1.54, 1.807) is 0 Å². The molecule has 2 N–H and O–H groups in total. The van der Waals surface area contributed by atoms with E-state index in [-0.39, 0.29) is 11.9 Å². The summed E-state index contributed by atoms with van der Waals surface area (Å²) in [7, 11) is 0. The molecule has 0 aromatic carbocycles. The number of amidine groups is 1. The first-order valence-corrected chi connectivity index (χ1v) is 8.56. The first kappa shape index (κ1) is 14.9. The van der Waals surface area contributed by atoms with Crippen molar-refractivity contribution in [2.45, 2.75) is 63.9 Å². The zero-order chi connectivity index (χ0) is 16.3. The zero-order valence-corrected chi connectivity index (χ0v) is 13.5. The van der Waals surface area contributed by atoms with E-state index in [1.807, 2.05) is 6.92 Å². The van der Waals surface area contributed by atoms with E-state index in [4.69, 9.17) is 15.2 Å². The number of rotatable bonds is 0. The first-order chi connectivity index (χ1) is 11.1. The molecule has 0 amide bonds. The van der Waals surface area contributed by atoms with Gasteiger partial charge in [-0.3, -0.25) is 0 Å². The molecule has 4 aliphatic rings. The Morgan fingerprint density at radius 3 is 2.30 bits per heavy atom. The van der Waals surface area contributed by atoms with Gasteiger partial charge in [-0.15, -0.1) is 0 Å². The molecule has 0 unspecified atom stereocenters.